The smallest absolute Gasteiger partial charge is 0.0362 e. The minimum Gasteiger partial charge on any atom is -0.135 e. The molecule has 0 saturated carbocycles. The first kappa shape index (κ1) is 31.2. The van der Waals surface area contributed by atoms with E-state index in [0.717, 1.165) is 0 Å². The van der Waals surface area contributed by atoms with Crippen molar-refractivity contribution in [2.24, 2.45) is 0 Å². The van der Waals surface area contributed by atoms with Gasteiger partial charge in [-0.25, -0.2) is 0 Å². The van der Waals surface area contributed by atoms with Gasteiger partial charge in [0.15, 0.2) is 0 Å². The molecule has 0 amide bonds. The molecule has 0 fully saturated rings. The van der Waals surface area contributed by atoms with Crippen LogP contribution in [0.25, 0.3) is 129 Å². The van der Waals surface area contributed by atoms with E-state index < -0.39 is 0 Å². The minimum absolute atomic E-state index is 1.24. The number of fused-ring (bicyclic) bond motifs is 11. The summed E-state index contributed by atoms with van der Waals surface area (Å²) in [5.41, 5.74) is 7.55. The molecule has 0 unspecified atom stereocenters. The van der Waals surface area contributed by atoms with Crippen LogP contribution < -0.4 is 0 Å². The molecule has 13 aromatic rings. The maximum atomic E-state index is 2.44. The van der Waals surface area contributed by atoms with Crippen molar-refractivity contribution >= 4 is 107 Å². The molecule has 0 atom stereocenters. The van der Waals surface area contributed by atoms with Gasteiger partial charge in [-0.1, -0.05) is 176 Å². The highest BCUT2D eigenvalue weighted by Gasteiger charge is 2.18. The number of benzene rings is 12. The molecular weight excluding hydrogens is 705 g/mol. The Labute approximate surface area is 332 Å². The summed E-state index contributed by atoms with van der Waals surface area (Å²) in [6, 6.07) is 72.7. The van der Waals surface area contributed by atoms with E-state index in [1.165, 1.54) is 129 Å². The van der Waals surface area contributed by atoms with Gasteiger partial charge in [0.1, 0.15) is 0 Å². The third-order valence-corrected chi connectivity index (χ3v) is 13.7. The van der Waals surface area contributed by atoms with Gasteiger partial charge in [-0.05, 0) is 127 Å². The van der Waals surface area contributed by atoms with Crippen molar-refractivity contribution in [1.82, 2.24) is 0 Å². The zero-order valence-corrected chi connectivity index (χ0v) is 31.7. The molecular formula is C56H32S. The van der Waals surface area contributed by atoms with Gasteiger partial charge in [-0.15, -0.1) is 11.3 Å². The highest BCUT2D eigenvalue weighted by molar-refractivity contribution is 7.26. The normalized spacial score (nSPS) is 12.2. The van der Waals surface area contributed by atoms with Gasteiger partial charge in [0, 0.05) is 20.2 Å². The Bertz CT molecular complexity index is 3770. The lowest BCUT2D eigenvalue weighted by atomic mass is 9.86. The molecule has 0 aliphatic carbocycles. The molecule has 0 nitrogen and oxygen atoms in total. The average molecular weight is 737 g/mol. The van der Waals surface area contributed by atoms with Gasteiger partial charge in [-0.2, -0.15) is 0 Å². The highest BCUT2D eigenvalue weighted by atomic mass is 32.1. The van der Waals surface area contributed by atoms with Crippen molar-refractivity contribution in [3.05, 3.63) is 194 Å². The molecule has 0 bridgehead atoms. The molecule has 0 N–H and O–H groups in total. The molecule has 0 saturated heterocycles. The van der Waals surface area contributed by atoms with Gasteiger partial charge >= 0.3 is 0 Å². The fourth-order valence-electron chi connectivity index (χ4n) is 10.1. The Balaban J connectivity index is 0.996. The summed E-state index contributed by atoms with van der Waals surface area (Å²) >= 11 is 1.91. The first-order valence-corrected chi connectivity index (χ1v) is 20.6. The van der Waals surface area contributed by atoms with E-state index in [1.807, 2.05) is 11.3 Å². The van der Waals surface area contributed by atoms with Crippen molar-refractivity contribution in [3.8, 4) is 33.4 Å². The maximum absolute atomic E-state index is 2.44. The molecule has 1 aromatic heterocycles. The number of rotatable bonds is 3. The van der Waals surface area contributed by atoms with Crippen LogP contribution in [0.5, 0.6) is 0 Å². The van der Waals surface area contributed by atoms with E-state index in [9.17, 15) is 0 Å². The molecule has 13 rings (SSSR count). The monoisotopic (exact) mass is 736 g/mol. The van der Waals surface area contributed by atoms with Gasteiger partial charge in [0.25, 0.3) is 0 Å². The number of thiophene rings is 1. The predicted octanol–water partition coefficient (Wildman–Crippen LogP) is 16.6. The van der Waals surface area contributed by atoms with Crippen LogP contribution in [0.15, 0.2) is 194 Å². The Morgan fingerprint density at radius 3 is 1.42 bits per heavy atom. The van der Waals surface area contributed by atoms with Crippen LogP contribution in [0, 0.1) is 0 Å². The quantitative estimate of drug-likeness (QED) is 0.158. The van der Waals surface area contributed by atoms with Gasteiger partial charge in [-0.3, -0.25) is 0 Å². The second-order valence-corrected chi connectivity index (χ2v) is 16.6. The molecule has 0 aliphatic heterocycles. The van der Waals surface area contributed by atoms with E-state index in [0.29, 0.717) is 0 Å². The van der Waals surface area contributed by atoms with E-state index in [2.05, 4.69) is 194 Å². The molecule has 0 spiro atoms. The summed E-state index contributed by atoms with van der Waals surface area (Å²) in [6.45, 7) is 0. The van der Waals surface area contributed by atoms with Crippen LogP contribution >= 0.6 is 11.3 Å². The van der Waals surface area contributed by atoms with E-state index in [4.69, 9.17) is 0 Å². The lowest BCUT2D eigenvalue weighted by molar-refractivity contribution is 1.63. The molecule has 262 valence electrons. The van der Waals surface area contributed by atoms with Crippen LogP contribution in [-0.2, 0) is 0 Å². The van der Waals surface area contributed by atoms with E-state index >= 15 is 0 Å². The fourth-order valence-corrected chi connectivity index (χ4v) is 11.2. The topological polar surface area (TPSA) is 0 Å². The standard InChI is InChI=1S/C56H32S/c1-2-13-39-33(9-1)10-8-18-40(39)36-11-7-12-37(31-36)41-24-19-34-22-27-48-42(25-20-35-21-26-47(41)53(34)54(35)48)38-23-28-50-52(32-38)57-51-30-29-49-45-16-4-3-14-43(45)44-15-5-6-17-46(44)55(49)56(50)51/h1-32H. The van der Waals surface area contributed by atoms with Crippen LogP contribution in [0.3, 0.4) is 0 Å². The molecule has 12 aromatic carbocycles. The SMILES string of the molecule is c1cc(-c2cccc3ccccc23)cc(-c2ccc3ccc4c(-c5ccc6c(c5)sc5ccc7c8ccccc8c8ccccc8c7c56)ccc5ccc2c3c54)c1. The van der Waals surface area contributed by atoms with E-state index in [1.54, 1.807) is 0 Å². The Kier molecular flexibility index (Phi) is 6.41. The first-order chi connectivity index (χ1) is 28.3. The summed E-state index contributed by atoms with van der Waals surface area (Å²) in [4.78, 5) is 0. The highest BCUT2D eigenvalue weighted by Crippen LogP contribution is 2.47. The van der Waals surface area contributed by atoms with Gasteiger partial charge in [0.05, 0.1) is 0 Å². The van der Waals surface area contributed by atoms with Crippen molar-refractivity contribution < 1.29 is 0 Å². The van der Waals surface area contributed by atoms with Crippen molar-refractivity contribution in [2.75, 3.05) is 0 Å². The molecule has 1 heteroatoms. The summed E-state index contributed by atoms with van der Waals surface area (Å²) in [7, 11) is 0. The Morgan fingerprint density at radius 1 is 0.228 bits per heavy atom. The van der Waals surface area contributed by atoms with Gasteiger partial charge in [0.2, 0.25) is 0 Å². The second kappa shape index (κ2) is 11.7. The summed E-state index contributed by atoms with van der Waals surface area (Å²) in [5, 5.41) is 21.1. The number of hydrogen-bond acceptors (Lipinski definition) is 1. The first-order valence-electron chi connectivity index (χ1n) is 19.7. The lowest BCUT2D eigenvalue weighted by Crippen LogP contribution is -1.90. The average Bonchev–Trinajstić information content (AvgIpc) is 3.66. The minimum atomic E-state index is 1.24. The van der Waals surface area contributed by atoms with Crippen LogP contribution in [0.2, 0.25) is 0 Å². The molecule has 1 heterocycles. The van der Waals surface area contributed by atoms with Gasteiger partial charge < -0.3 is 0 Å². The van der Waals surface area contributed by atoms with E-state index in [-0.39, 0.29) is 0 Å². The molecule has 0 radical (unpaired) electrons. The Morgan fingerprint density at radius 2 is 0.719 bits per heavy atom. The second-order valence-electron chi connectivity index (χ2n) is 15.5. The van der Waals surface area contributed by atoms with Crippen LogP contribution in [0.4, 0.5) is 0 Å². The zero-order chi connectivity index (χ0) is 37.2. The largest absolute Gasteiger partial charge is 0.135 e. The summed E-state index contributed by atoms with van der Waals surface area (Å²) in [5.74, 6) is 0. The third kappa shape index (κ3) is 4.43. The van der Waals surface area contributed by atoms with Crippen molar-refractivity contribution in [1.29, 1.82) is 0 Å². The fraction of sp³-hybridized carbons (Fsp3) is 0. The van der Waals surface area contributed by atoms with Crippen molar-refractivity contribution in [2.45, 2.75) is 0 Å². The number of hydrogen-bond donors (Lipinski definition) is 0. The third-order valence-electron chi connectivity index (χ3n) is 12.6. The van der Waals surface area contributed by atoms with Crippen LogP contribution in [0.1, 0.15) is 0 Å². The molecule has 0 aliphatic rings. The predicted molar refractivity (Wildman–Crippen MR) is 249 cm³/mol. The molecule has 57 heavy (non-hydrogen) atoms. The summed E-state index contributed by atoms with van der Waals surface area (Å²) in [6.07, 6.45) is 0. The summed E-state index contributed by atoms with van der Waals surface area (Å²) < 4.78 is 2.66. The maximum Gasteiger partial charge on any atom is 0.0362 e. The Hall–Kier alpha value is -7.06. The zero-order valence-electron chi connectivity index (χ0n) is 30.9. The lowest BCUT2D eigenvalue weighted by Gasteiger charge is -2.17. The van der Waals surface area contributed by atoms with Crippen LogP contribution in [-0.4, -0.2) is 0 Å². The van der Waals surface area contributed by atoms with Crippen molar-refractivity contribution in [3.63, 3.8) is 0 Å².